The number of hydrogen-bond donors (Lipinski definition) is 0. The van der Waals surface area contributed by atoms with Crippen molar-refractivity contribution in [3.05, 3.63) is 57.2 Å². The summed E-state index contributed by atoms with van der Waals surface area (Å²) in [4.78, 5) is 12.8. The van der Waals surface area contributed by atoms with E-state index in [9.17, 15) is 4.79 Å². The Kier molecular flexibility index (Phi) is 3.93. The number of ether oxygens (including phenoxy) is 1. The van der Waals surface area contributed by atoms with Gasteiger partial charge in [0.25, 0.3) is 5.91 Å². The fourth-order valence-electron chi connectivity index (χ4n) is 2.33. The van der Waals surface area contributed by atoms with E-state index in [0.29, 0.717) is 16.3 Å². The molecule has 1 aromatic heterocycles. The number of halogens is 2. The van der Waals surface area contributed by atoms with Gasteiger partial charge in [-0.05, 0) is 36.8 Å². The van der Waals surface area contributed by atoms with Gasteiger partial charge in [-0.3, -0.25) is 4.79 Å². The van der Waals surface area contributed by atoms with Gasteiger partial charge in [0, 0.05) is 9.86 Å². The Morgan fingerprint density at radius 1 is 1.36 bits per heavy atom. The molecule has 0 amide bonds. The molecule has 0 aliphatic heterocycles. The van der Waals surface area contributed by atoms with Crippen molar-refractivity contribution in [3.8, 4) is 5.75 Å². The quantitative estimate of drug-likeness (QED) is 0.660. The number of carbonyl (C=O) groups excluding carboxylic acids is 1. The molecule has 0 N–H and O–H groups in total. The lowest BCUT2D eigenvalue weighted by Crippen LogP contribution is -2.14. The highest BCUT2D eigenvalue weighted by atomic mass is 79.9. The molecule has 22 heavy (non-hydrogen) atoms. The van der Waals surface area contributed by atoms with Gasteiger partial charge in [0.1, 0.15) is 5.75 Å². The van der Waals surface area contributed by atoms with Gasteiger partial charge in [0.2, 0.25) is 0 Å². The van der Waals surface area contributed by atoms with Gasteiger partial charge in [-0.15, -0.1) is 0 Å². The molecule has 0 atom stereocenters. The Balaban J connectivity index is 2.16. The molecule has 0 fully saturated rings. The lowest BCUT2D eigenvalue weighted by Gasteiger charge is -2.10. The number of rotatable bonds is 2. The standard InChI is InChI=1S/C16H12BrClN2O2/c1-9-6-13(18)10(7-15(9)22-2)16(21)20-14-5-3-4-12(17)11(14)8-19-20/h3-8H,1-2H3. The fraction of sp³-hybridized carbons (Fsp3) is 0.125. The monoisotopic (exact) mass is 378 g/mol. The third kappa shape index (κ3) is 2.40. The normalized spacial score (nSPS) is 10.9. The highest BCUT2D eigenvalue weighted by molar-refractivity contribution is 9.10. The minimum Gasteiger partial charge on any atom is -0.496 e. The van der Waals surface area contributed by atoms with Gasteiger partial charge >= 0.3 is 0 Å². The van der Waals surface area contributed by atoms with E-state index in [2.05, 4.69) is 21.0 Å². The first kappa shape index (κ1) is 15.1. The highest BCUT2D eigenvalue weighted by Crippen LogP contribution is 2.29. The van der Waals surface area contributed by atoms with Crippen LogP contribution in [-0.2, 0) is 0 Å². The zero-order valence-corrected chi connectivity index (χ0v) is 14.3. The molecule has 4 nitrogen and oxygen atoms in total. The Hall–Kier alpha value is -1.85. The van der Waals surface area contributed by atoms with Crippen LogP contribution in [0.2, 0.25) is 5.02 Å². The predicted octanol–water partition coefficient (Wildman–Crippen LogP) is 4.46. The number of aryl methyl sites for hydroxylation is 1. The average molecular weight is 380 g/mol. The molecule has 0 aliphatic carbocycles. The van der Waals surface area contributed by atoms with E-state index in [1.165, 1.54) is 4.68 Å². The van der Waals surface area contributed by atoms with Crippen molar-refractivity contribution in [2.75, 3.05) is 7.11 Å². The summed E-state index contributed by atoms with van der Waals surface area (Å²) in [5, 5.41) is 5.43. The average Bonchev–Trinajstić information content (AvgIpc) is 2.92. The molecule has 1 heterocycles. The number of carbonyl (C=O) groups is 1. The van der Waals surface area contributed by atoms with E-state index in [1.807, 2.05) is 25.1 Å². The van der Waals surface area contributed by atoms with Crippen LogP contribution < -0.4 is 4.74 Å². The van der Waals surface area contributed by atoms with Crippen molar-refractivity contribution in [2.45, 2.75) is 6.92 Å². The number of benzene rings is 2. The van der Waals surface area contributed by atoms with E-state index < -0.39 is 0 Å². The summed E-state index contributed by atoms with van der Waals surface area (Å²) < 4.78 is 7.50. The van der Waals surface area contributed by atoms with Crippen molar-refractivity contribution in [1.82, 2.24) is 9.78 Å². The molecule has 2 aromatic carbocycles. The minimum atomic E-state index is -0.295. The predicted molar refractivity (Wildman–Crippen MR) is 89.9 cm³/mol. The first-order valence-electron chi connectivity index (χ1n) is 6.54. The van der Waals surface area contributed by atoms with E-state index in [0.717, 1.165) is 20.9 Å². The lowest BCUT2D eigenvalue weighted by atomic mass is 10.1. The Bertz CT molecular complexity index is 889. The largest absolute Gasteiger partial charge is 0.496 e. The van der Waals surface area contributed by atoms with Gasteiger partial charge in [0.15, 0.2) is 0 Å². The zero-order valence-electron chi connectivity index (χ0n) is 11.9. The summed E-state index contributed by atoms with van der Waals surface area (Å²) in [6, 6.07) is 8.96. The number of hydrogen-bond acceptors (Lipinski definition) is 3. The summed E-state index contributed by atoms with van der Waals surface area (Å²) in [6.45, 7) is 1.87. The number of aromatic nitrogens is 2. The maximum absolute atomic E-state index is 12.8. The van der Waals surface area contributed by atoms with Crippen LogP contribution in [0.25, 0.3) is 10.9 Å². The minimum absolute atomic E-state index is 0.295. The Morgan fingerprint density at radius 3 is 2.86 bits per heavy atom. The number of fused-ring (bicyclic) bond motifs is 1. The summed E-state index contributed by atoms with van der Waals surface area (Å²) >= 11 is 9.68. The van der Waals surface area contributed by atoms with Crippen molar-refractivity contribution in [3.63, 3.8) is 0 Å². The molecule has 112 valence electrons. The van der Waals surface area contributed by atoms with Gasteiger partial charge in [-0.2, -0.15) is 9.78 Å². The SMILES string of the molecule is COc1cc(C(=O)n2ncc3c(Br)cccc32)c(Cl)cc1C. The first-order chi connectivity index (χ1) is 10.5. The van der Waals surface area contributed by atoms with Crippen LogP contribution in [0.5, 0.6) is 5.75 Å². The molecular weight excluding hydrogens is 368 g/mol. The van der Waals surface area contributed by atoms with E-state index in [4.69, 9.17) is 16.3 Å². The summed E-state index contributed by atoms with van der Waals surface area (Å²) in [7, 11) is 1.56. The lowest BCUT2D eigenvalue weighted by molar-refractivity contribution is 0.0950. The molecule has 0 bridgehead atoms. The third-order valence-electron chi connectivity index (χ3n) is 3.47. The molecule has 6 heteroatoms. The molecule has 0 radical (unpaired) electrons. The summed E-state index contributed by atoms with van der Waals surface area (Å²) in [5.41, 5.74) is 1.95. The van der Waals surface area contributed by atoms with Gasteiger partial charge in [-0.25, -0.2) is 0 Å². The fourth-order valence-corrected chi connectivity index (χ4v) is 3.09. The van der Waals surface area contributed by atoms with Crippen molar-refractivity contribution < 1.29 is 9.53 Å². The van der Waals surface area contributed by atoms with Gasteiger partial charge < -0.3 is 4.74 Å². The van der Waals surface area contributed by atoms with Crippen molar-refractivity contribution >= 4 is 44.3 Å². The van der Waals surface area contributed by atoms with Crippen LogP contribution in [-0.4, -0.2) is 22.8 Å². The molecule has 0 unspecified atom stereocenters. The topological polar surface area (TPSA) is 44.1 Å². The van der Waals surface area contributed by atoms with Crippen LogP contribution in [0.3, 0.4) is 0 Å². The number of nitrogens with zero attached hydrogens (tertiary/aromatic N) is 2. The molecule has 0 saturated heterocycles. The Labute approximate surface area is 140 Å². The van der Waals surface area contributed by atoms with E-state index >= 15 is 0 Å². The second kappa shape index (κ2) is 5.74. The summed E-state index contributed by atoms with van der Waals surface area (Å²) in [6.07, 6.45) is 1.65. The Morgan fingerprint density at radius 2 is 2.14 bits per heavy atom. The smallest absolute Gasteiger partial charge is 0.280 e. The van der Waals surface area contributed by atoms with E-state index in [1.54, 1.807) is 25.4 Å². The maximum Gasteiger partial charge on any atom is 0.280 e. The summed E-state index contributed by atoms with van der Waals surface area (Å²) in [5.74, 6) is 0.321. The van der Waals surface area contributed by atoms with Crippen LogP contribution in [0.15, 0.2) is 41.0 Å². The van der Waals surface area contributed by atoms with Gasteiger partial charge in [0.05, 0.1) is 29.4 Å². The number of methoxy groups -OCH3 is 1. The second-order valence-electron chi connectivity index (χ2n) is 4.84. The van der Waals surface area contributed by atoms with Crippen molar-refractivity contribution in [2.24, 2.45) is 0 Å². The van der Waals surface area contributed by atoms with Gasteiger partial charge in [-0.1, -0.05) is 33.6 Å². The molecule has 0 saturated carbocycles. The third-order valence-corrected chi connectivity index (χ3v) is 4.47. The van der Waals surface area contributed by atoms with Crippen LogP contribution in [0.4, 0.5) is 0 Å². The zero-order chi connectivity index (χ0) is 15.9. The molecule has 3 rings (SSSR count). The molecule has 0 aliphatic rings. The van der Waals surface area contributed by atoms with Crippen LogP contribution >= 0.6 is 27.5 Å². The molecular formula is C16H12BrClN2O2. The first-order valence-corrected chi connectivity index (χ1v) is 7.71. The highest BCUT2D eigenvalue weighted by Gasteiger charge is 2.18. The van der Waals surface area contributed by atoms with Crippen molar-refractivity contribution in [1.29, 1.82) is 0 Å². The van der Waals surface area contributed by atoms with Crippen LogP contribution in [0.1, 0.15) is 15.9 Å². The van der Waals surface area contributed by atoms with Crippen LogP contribution in [0, 0.1) is 6.92 Å². The molecule has 0 spiro atoms. The maximum atomic E-state index is 12.8. The van der Waals surface area contributed by atoms with E-state index in [-0.39, 0.29) is 5.91 Å². The second-order valence-corrected chi connectivity index (χ2v) is 6.10. The molecule has 3 aromatic rings.